The van der Waals surface area contributed by atoms with E-state index in [1.165, 1.54) is 0 Å². The van der Waals surface area contributed by atoms with Crippen molar-refractivity contribution >= 4 is 17.5 Å². The number of carbonyl (C=O) groups excluding carboxylic acids is 1. The minimum atomic E-state index is -0.390. The molecule has 0 aliphatic carbocycles. The van der Waals surface area contributed by atoms with Crippen molar-refractivity contribution in [3.63, 3.8) is 0 Å². The van der Waals surface area contributed by atoms with Crippen molar-refractivity contribution in [2.75, 3.05) is 26.4 Å². The van der Waals surface area contributed by atoms with Gasteiger partial charge in [-0.05, 0) is 43.5 Å². The van der Waals surface area contributed by atoms with Gasteiger partial charge in [0.15, 0.2) is 6.61 Å². The quantitative estimate of drug-likeness (QED) is 0.912. The number of hydrogen-bond donors (Lipinski definition) is 1. The lowest BCUT2D eigenvalue weighted by Crippen LogP contribution is -2.49. The molecule has 5 nitrogen and oxygen atoms in total. The fourth-order valence-corrected chi connectivity index (χ4v) is 3.55. The number of carbonyl (C=O) groups is 1. The lowest BCUT2D eigenvalue weighted by Gasteiger charge is -2.36. The number of aliphatic hydroxyl groups is 1. The average Bonchev–Trinajstić information content (AvgIpc) is 3.04. The molecule has 2 aliphatic rings. The summed E-state index contributed by atoms with van der Waals surface area (Å²) in [5.41, 5.74) is 0. The van der Waals surface area contributed by atoms with Gasteiger partial charge in [-0.3, -0.25) is 4.79 Å². The lowest BCUT2D eigenvalue weighted by atomic mass is 9.89. The standard InChI is InChI=1S/C17H22ClNO4/c18-12-3-5-13(6-4-12)23-11-17(21)19-8-1-2-15(19)14-10-22-9-7-16(14)20/h3-6,14-16,20H,1-2,7-11H2. The van der Waals surface area contributed by atoms with E-state index >= 15 is 0 Å². The first-order valence-electron chi connectivity index (χ1n) is 8.09. The van der Waals surface area contributed by atoms with Crippen molar-refractivity contribution in [2.24, 2.45) is 5.92 Å². The van der Waals surface area contributed by atoms with Crippen molar-refractivity contribution in [3.8, 4) is 5.75 Å². The largest absolute Gasteiger partial charge is 0.484 e. The first-order chi connectivity index (χ1) is 11.1. The second kappa shape index (κ2) is 7.51. The fraction of sp³-hybridized carbons (Fsp3) is 0.588. The van der Waals surface area contributed by atoms with Crippen LogP contribution in [-0.4, -0.2) is 54.4 Å². The molecular weight excluding hydrogens is 318 g/mol. The van der Waals surface area contributed by atoms with Gasteiger partial charge in [0.05, 0.1) is 12.7 Å². The van der Waals surface area contributed by atoms with Gasteiger partial charge in [-0.2, -0.15) is 0 Å². The highest BCUT2D eigenvalue weighted by atomic mass is 35.5. The molecule has 1 aromatic rings. The van der Waals surface area contributed by atoms with Crippen LogP contribution >= 0.6 is 11.6 Å². The summed E-state index contributed by atoms with van der Waals surface area (Å²) in [6.07, 6.45) is 2.13. The maximum absolute atomic E-state index is 12.5. The number of aliphatic hydroxyl groups excluding tert-OH is 1. The lowest BCUT2D eigenvalue weighted by molar-refractivity contribution is -0.138. The normalized spacial score (nSPS) is 27.9. The monoisotopic (exact) mass is 339 g/mol. The third-order valence-corrected chi connectivity index (χ3v) is 4.90. The van der Waals surface area contributed by atoms with E-state index in [1.807, 2.05) is 4.90 Å². The Labute approximate surface area is 141 Å². The fourth-order valence-electron chi connectivity index (χ4n) is 3.42. The van der Waals surface area contributed by atoms with Gasteiger partial charge in [-0.25, -0.2) is 0 Å². The van der Waals surface area contributed by atoms with Gasteiger partial charge in [0.2, 0.25) is 0 Å². The molecule has 0 saturated carbocycles. The highest BCUT2D eigenvalue weighted by Gasteiger charge is 2.39. The van der Waals surface area contributed by atoms with Gasteiger partial charge < -0.3 is 19.5 Å². The average molecular weight is 340 g/mol. The molecule has 3 unspecified atom stereocenters. The molecule has 126 valence electrons. The van der Waals surface area contributed by atoms with Crippen LogP contribution in [0.2, 0.25) is 5.02 Å². The maximum atomic E-state index is 12.5. The number of halogens is 1. The summed E-state index contributed by atoms with van der Waals surface area (Å²) in [5, 5.41) is 10.8. The Bertz CT molecular complexity index is 536. The van der Waals surface area contributed by atoms with E-state index < -0.39 is 0 Å². The van der Waals surface area contributed by atoms with Crippen LogP contribution in [0.5, 0.6) is 5.75 Å². The van der Waals surface area contributed by atoms with E-state index in [1.54, 1.807) is 24.3 Å². The molecule has 0 radical (unpaired) electrons. The molecule has 2 aliphatic heterocycles. The second-order valence-electron chi connectivity index (χ2n) is 6.13. The van der Waals surface area contributed by atoms with Crippen LogP contribution in [0.4, 0.5) is 0 Å². The molecule has 1 amide bonds. The van der Waals surface area contributed by atoms with Crippen LogP contribution in [0, 0.1) is 5.92 Å². The Hall–Kier alpha value is -1.30. The summed E-state index contributed by atoms with van der Waals surface area (Å²) in [7, 11) is 0. The molecule has 2 saturated heterocycles. The third kappa shape index (κ3) is 3.97. The van der Waals surface area contributed by atoms with E-state index in [0.29, 0.717) is 30.4 Å². The molecule has 2 fully saturated rings. The molecule has 0 bridgehead atoms. The summed E-state index contributed by atoms with van der Waals surface area (Å²) in [6, 6.07) is 7.00. The van der Waals surface area contributed by atoms with Gasteiger partial charge in [-0.15, -0.1) is 0 Å². The molecule has 0 spiro atoms. The first-order valence-corrected chi connectivity index (χ1v) is 8.46. The van der Waals surface area contributed by atoms with Crippen LogP contribution in [0.1, 0.15) is 19.3 Å². The molecule has 3 atom stereocenters. The number of amides is 1. The minimum absolute atomic E-state index is 0.00179. The highest BCUT2D eigenvalue weighted by molar-refractivity contribution is 6.30. The SMILES string of the molecule is O=C(COc1ccc(Cl)cc1)N1CCCC1C1COCCC1O. The van der Waals surface area contributed by atoms with E-state index in [0.717, 1.165) is 19.4 Å². The predicted octanol–water partition coefficient (Wildman–Crippen LogP) is 2.11. The Morgan fingerprint density at radius 3 is 2.87 bits per heavy atom. The summed E-state index contributed by atoms with van der Waals surface area (Å²) < 4.78 is 11.0. The maximum Gasteiger partial charge on any atom is 0.260 e. The molecule has 0 aromatic heterocycles. The number of nitrogens with zero attached hydrogens (tertiary/aromatic N) is 1. The number of ether oxygens (including phenoxy) is 2. The number of hydrogen-bond acceptors (Lipinski definition) is 4. The van der Waals surface area contributed by atoms with Gasteiger partial charge >= 0.3 is 0 Å². The smallest absolute Gasteiger partial charge is 0.260 e. The number of rotatable bonds is 4. The molecule has 3 rings (SSSR count). The van der Waals surface area contributed by atoms with Gasteiger partial charge in [-0.1, -0.05) is 11.6 Å². The molecule has 1 aromatic carbocycles. The van der Waals surface area contributed by atoms with E-state index in [9.17, 15) is 9.90 Å². The first kappa shape index (κ1) is 16.6. The van der Waals surface area contributed by atoms with Crippen LogP contribution in [0.15, 0.2) is 24.3 Å². The summed E-state index contributed by atoms with van der Waals surface area (Å²) in [6.45, 7) is 1.84. The van der Waals surface area contributed by atoms with Crippen LogP contribution < -0.4 is 4.74 Å². The van der Waals surface area contributed by atoms with E-state index in [4.69, 9.17) is 21.1 Å². The van der Waals surface area contributed by atoms with Crippen molar-refractivity contribution in [3.05, 3.63) is 29.3 Å². The summed E-state index contributed by atoms with van der Waals surface area (Å²) in [5.74, 6) is 0.588. The zero-order valence-electron chi connectivity index (χ0n) is 13.0. The molecule has 6 heteroatoms. The van der Waals surface area contributed by atoms with Crippen molar-refractivity contribution < 1.29 is 19.4 Å². The van der Waals surface area contributed by atoms with Gasteiger partial charge in [0, 0.05) is 30.1 Å². The van der Waals surface area contributed by atoms with Crippen molar-refractivity contribution in [1.29, 1.82) is 0 Å². The topological polar surface area (TPSA) is 59.0 Å². The highest BCUT2D eigenvalue weighted by Crippen LogP contribution is 2.30. The zero-order chi connectivity index (χ0) is 16.2. The number of likely N-dealkylation sites (tertiary alicyclic amines) is 1. The zero-order valence-corrected chi connectivity index (χ0v) is 13.7. The Kier molecular flexibility index (Phi) is 5.41. The number of benzene rings is 1. The second-order valence-corrected chi connectivity index (χ2v) is 6.57. The summed E-state index contributed by atoms with van der Waals surface area (Å²) >= 11 is 5.83. The van der Waals surface area contributed by atoms with Crippen molar-refractivity contribution in [1.82, 2.24) is 4.90 Å². The predicted molar refractivity (Wildman–Crippen MR) is 86.6 cm³/mol. The Morgan fingerprint density at radius 2 is 2.13 bits per heavy atom. The van der Waals surface area contributed by atoms with Crippen LogP contribution in [-0.2, 0) is 9.53 Å². The van der Waals surface area contributed by atoms with E-state index in [2.05, 4.69) is 0 Å². The third-order valence-electron chi connectivity index (χ3n) is 4.65. The minimum Gasteiger partial charge on any atom is -0.484 e. The van der Waals surface area contributed by atoms with Crippen LogP contribution in [0.3, 0.4) is 0 Å². The molecular formula is C17H22ClNO4. The molecule has 23 heavy (non-hydrogen) atoms. The van der Waals surface area contributed by atoms with Crippen LogP contribution in [0.25, 0.3) is 0 Å². The van der Waals surface area contributed by atoms with E-state index in [-0.39, 0.29) is 30.6 Å². The Morgan fingerprint density at radius 1 is 1.35 bits per heavy atom. The molecule has 2 heterocycles. The molecule has 1 N–H and O–H groups in total. The Balaban J connectivity index is 1.58. The van der Waals surface area contributed by atoms with Crippen molar-refractivity contribution in [2.45, 2.75) is 31.4 Å². The van der Waals surface area contributed by atoms with Gasteiger partial charge in [0.1, 0.15) is 5.75 Å². The summed E-state index contributed by atoms with van der Waals surface area (Å²) in [4.78, 5) is 14.3. The van der Waals surface area contributed by atoms with Gasteiger partial charge in [0.25, 0.3) is 5.91 Å².